The third-order valence-electron chi connectivity index (χ3n) is 6.07. The summed E-state index contributed by atoms with van der Waals surface area (Å²) in [6.07, 6.45) is -1.57. The predicted octanol–water partition coefficient (Wildman–Crippen LogP) is 4.97. The second kappa shape index (κ2) is 8.07. The van der Waals surface area contributed by atoms with Gasteiger partial charge >= 0.3 is 6.18 Å². The van der Waals surface area contributed by atoms with Crippen LogP contribution in [0.4, 0.5) is 13.2 Å². The summed E-state index contributed by atoms with van der Waals surface area (Å²) < 4.78 is 46.1. The Morgan fingerprint density at radius 2 is 1.79 bits per heavy atom. The minimum absolute atomic E-state index is 0.0691. The third kappa shape index (κ3) is 3.85. The smallest absolute Gasteiger partial charge is 0.416 e. The molecule has 1 saturated heterocycles. The van der Waals surface area contributed by atoms with Gasteiger partial charge in [-0.15, -0.1) is 0 Å². The van der Waals surface area contributed by atoms with Gasteiger partial charge in [0.05, 0.1) is 11.6 Å². The van der Waals surface area contributed by atoms with Crippen LogP contribution in [-0.4, -0.2) is 44.9 Å². The summed E-state index contributed by atoms with van der Waals surface area (Å²) in [5.41, 5.74) is 0.856. The number of amides is 1. The van der Waals surface area contributed by atoms with Crippen LogP contribution in [0.1, 0.15) is 46.1 Å². The van der Waals surface area contributed by atoms with Crippen molar-refractivity contribution in [1.82, 2.24) is 14.7 Å². The molecule has 33 heavy (non-hydrogen) atoms. The Morgan fingerprint density at radius 1 is 1.09 bits per heavy atom. The largest absolute Gasteiger partial charge is 0.506 e. The number of rotatable bonds is 3. The van der Waals surface area contributed by atoms with E-state index in [1.807, 2.05) is 0 Å². The summed E-state index contributed by atoms with van der Waals surface area (Å²) in [5.74, 6) is -0.373. The Kier molecular flexibility index (Phi) is 5.33. The molecule has 1 aromatic heterocycles. The standard InChI is InChI=1S/C23H19ClF3N3O3/c24-15-5-6-19(31)18(11-15)29-12-17-20(28-29)22(32)30(16-7-9-33-10-8-16)21(17)13-1-3-14(4-2-13)23(25,26)27/h1-6,11-12,16,21,31H,7-10H2. The second-order valence-corrected chi connectivity index (χ2v) is 8.53. The quantitative estimate of drug-likeness (QED) is 0.578. The zero-order chi connectivity index (χ0) is 23.3. The molecule has 2 aromatic carbocycles. The minimum atomic E-state index is -4.45. The molecule has 0 radical (unpaired) electrons. The van der Waals surface area contributed by atoms with E-state index in [0.717, 1.165) is 12.1 Å². The maximum atomic E-state index is 13.4. The lowest BCUT2D eigenvalue weighted by molar-refractivity contribution is -0.137. The van der Waals surface area contributed by atoms with E-state index in [2.05, 4.69) is 5.10 Å². The van der Waals surface area contributed by atoms with Gasteiger partial charge in [0.2, 0.25) is 0 Å². The number of phenols is 1. The predicted molar refractivity (Wildman–Crippen MR) is 114 cm³/mol. The lowest BCUT2D eigenvalue weighted by Crippen LogP contribution is -2.42. The average Bonchev–Trinajstić information content (AvgIpc) is 3.33. The van der Waals surface area contributed by atoms with Crippen molar-refractivity contribution in [1.29, 1.82) is 0 Å². The molecule has 172 valence electrons. The van der Waals surface area contributed by atoms with Crippen LogP contribution >= 0.6 is 11.6 Å². The lowest BCUT2D eigenvalue weighted by atomic mass is 9.97. The van der Waals surface area contributed by atoms with Gasteiger partial charge in [0.25, 0.3) is 5.91 Å². The molecule has 3 aromatic rings. The van der Waals surface area contributed by atoms with Crippen molar-refractivity contribution >= 4 is 17.5 Å². The number of aromatic nitrogens is 2. The van der Waals surface area contributed by atoms with Crippen LogP contribution in [-0.2, 0) is 10.9 Å². The molecule has 1 fully saturated rings. The van der Waals surface area contributed by atoms with Crippen molar-refractivity contribution in [3.05, 3.63) is 76.1 Å². The van der Waals surface area contributed by atoms with Crippen LogP contribution in [0.25, 0.3) is 5.69 Å². The molecular formula is C23H19ClF3N3O3. The topological polar surface area (TPSA) is 67.6 Å². The van der Waals surface area contributed by atoms with Gasteiger partial charge in [-0.1, -0.05) is 23.7 Å². The molecule has 1 unspecified atom stereocenters. The van der Waals surface area contributed by atoms with Crippen molar-refractivity contribution in [2.75, 3.05) is 13.2 Å². The normalized spacial score (nSPS) is 19.2. The van der Waals surface area contributed by atoms with Gasteiger partial charge in [0, 0.05) is 36.0 Å². The number of aromatic hydroxyl groups is 1. The van der Waals surface area contributed by atoms with Crippen molar-refractivity contribution in [2.24, 2.45) is 0 Å². The van der Waals surface area contributed by atoms with E-state index in [9.17, 15) is 23.1 Å². The lowest BCUT2D eigenvalue weighted by Gasteiger charge is -2.36. The number of phenolic OH excluding ortho intramolecular Hbond substituents is 1. The first-order valence-electron chi connectivity index (χ1n) is 10.4. The van der Waals surface area contributed by atoms with Gasteiger partial charge in [0.1, 0.15) is 11.4 Å². The molecule has 5 rings (SSSR count). The number of carbonyl (C=O) groups excluding carboxylic acids is 1. The molecule has 2 aliphatic rings. The summed E-state index contributed by atoms with van der Waals surface area (Å²) in [6, 6.07) is 8.59. The number of carbonyl (C=O) groups is 1. The highest BCUT2D eigenvalue weighted by Crippen LogP contribution is 2.42. The number of alkyl halides is 3. The number of fused-ring (bicyclic) bond motifs is 1. The highest BCUT2D eigenvalue weighted by atomic mass is 35.5. The maximum Gasteiger partial charge on any atom is 0.416 e. The van der Waals surface area contributed by atoms with Crippen molar-refractivity contribution in [3.63, 3.8) is 0 Å². The van der Waals surface area contributed by atoms with Crippen LogP contribution < -0.4 is 0 Å². The molecule has 1 N–H and O–H groups in total. The van der Waals surface area contributed by atoms with Crippen LogP contribution in [0, 0.1) is 0 Å². The average molecular weight is 478 g/mol. The molecule has 10 heteroatoms. The minimum Gasteiger partial charge on any atom is -0.506 e. The van der Waals surface area contributed by atoms with Crippen molar-refractivity contribution in [2.45, 2.75) is 31.1 Å². The molecule has 3 heterocycles. The fourth-order valence-corrected chi connectivity index (χ4v) is 4.65. The summed E-state index contributed by atoms with van der Waals surface area (Å²) in [5, 5.41) is 15.1. The zero-order valence-electron chi connectivity index (χ0n) is 17.2. The van der Waals surface area contributed by atoms with E-state index in [1.165, 1.54) is 35.0 Å². The van der Waals surface area contributed by atoms with Crippen molar-refractivity contribution in [3.8, 4) is 11.4 Å². The number of hydrogen-bond donors (Lipinski definition) is 1. The van der Waals surface area contributed by atoms with E-state index in [4.69, 9.17) is 16.3 Å². The molecule has 2 aliphatic heterocycles. The Morgan fingerprint density at radius 3 is 2.45 bits per heavy atom. The number of halogens is 4. The first kappa shape index (κ1) is 21.8. The fourth-order valence-electron chi connectivity index (χ4n) is 4.48. The Bertz CT molecular complexity index is 1200. The molecule has 0 bridgehead atoms. The first-order chi connectivity index (χ1) is 15.7. The first-order valence-corrected chi connectivity index (χ1v) is 10.8. The molecule has 1 amide bonds. The van der Waals surface area contributed by atoms with Crippen molar-refractivity contribution < 1.29 is 27.8 Å². The molecule has 0 spiro atoms. The van der Waals surface area contributed by atoms with Gasteiger partial charge in [-0.3, -0.25) is 4.79 Å². The Hall–Kier alpha value is -3.04. The van der Waals surface area contributed by atoms with Gasteiger partial charge in [-0.05, 0) is 48.7 Å². The zero-order valence-corrected chi connectivity index (χ0v) is 18.0. The van der Waals surface area contributed by atoms with E-state index >= 15 is 0 Å². The summed E-state index contributed by atoms with van der Waals surface area (Å²) >= 11 is 6.06. The highest BCUT2D eigenvalue weighted by molar-refractivity contribution is 6.30. The van der Waals surface area contributed by atoms with Gasteiger partial charge in [-0.2, -0.15) is 18.3 Å². The molecular weight excluding hydrogens is 459 g/mol. The highest BCUT2D eigenvalue weighted by Gasteiger charge is 2.44. The number of nitrogens with zero attached hydrogens (tertiary/aromatic N) is 3. The number of benzene rings is 2. The summed E-state index contributed by atoms with van der Waals surface area (Å²) in [7, 11) is 0. The number of ether oxygens (including phenoxy) is 1. The Labute approximate surface area is 192 Å². The van der Waals surface area contributed by atoms with E-state index in [-0.39, 0.29) is 23.4 Å². The van der Waals surface area contributed by atoms with E-state index < -0.39 is 17.8 Å². The summed E-state index contributed by atoms with van der Waals surface area (Å²) in [4.78, 5) is 15.1. The van der Waals surface area contributed by atoms with Gasteiger partial charge in [0.15, 0.2) is 5.69 Å². The third-order valence-corrected chi connectivity index (χ3v) is 6.31. The monoisotopic (exact) mass is 477 g/mol. The molecule has 6 nitrogen and oxygen atoms in total. The molecule has 1 atom stereocenters. The van der Waals surface area contributed by atoms with Crippen LogP contribution in [0.15, 0.2) is 48.7 Å². The maximum absolute atomic E-state index is 13.4. The van der Waals surface area contributed by atoms with Gasteiger partial charge < -0.3 is 14.7 Å². The summed E-state index contributed by atoms with van der Waals surface area (Å²) in [6.45, 7) is 1.00. The van der Waals surface area contributed by atoms with Crippen LogP contribution in [0.2, 0.25) is 5.02 Å². The SMILES string of the molecule is O=C1c2nn(-c3cc(Cl)ccc3O)cc2C(c2ccc(C(F)(F)F)cc2)N1C1CCOCC1. The van der Waals surface area contributed by atoms with Crippen LogP contribution in [0.3, 0.4) is 0 Å². The van der Waals surface area contributed by atoms with E-state index in [1.54, 1.807) is 11.1 Å². The molecule has 0 saturated carbocycles. The van der Waals surface area contributed by atoms with Gasteiger partial charge in [-0.25, -0.2) is 4.68 Å². The fraction of sp³-hybridized carbons (Fsp3) is 0.304. The Balaban J connectivity index is 1.60. The van der Waals surface area contributed by atoms with Crippen LogP contribution in [0.5, 0.6) is 5.75 Å². The molecule has 0 aliphatic carbocycles. The second-order valence-electron chi connectivity index (χ2n) is 8.09. The van der Waals surface area contributed by atoms with E-state index in [0.29, 0.717) is 47.9 Å². The number of hydrogen-bond acceptors (Lipinski definition) is 4.